The number of hydrogen-bond donors (Lipinski definition) is 0. The Morgan fingerprint density at radius 2 is 1.88 bits per heavy atom. The highest BCUT2D eigenvalue weighted by molar-refractivity contribution is 7.89. The largest absolute Gasteiger partial charge is 0.345 e. The quantitative estimate of drug-likeness (QED) is 0.797. The van der Waals surface area contributed by atoms with Gasteiger partial charge in [-0.05, 0) is 31.9 Å². The second-order valence-corrected chi connectivity index (χ2v) is 8.17. The first-order valence-corrected chi connectivity index (χ1v) is 9.78. The van der Waals surface area contributed by atoms with Gasteiger partial charge in [-0.1, -0.05) is 0 Å². The molecule has 1 saturated heterocycles. The first kappa shape index (κ1) is 18.7. The van der Waals surface area contributed by atoms with Crippen LogP contribution >= 0.6 is 0 Å². The lowest BCUT2D eigenvalue weighted by atomic mass is 9.97. The second-order valence-electron chi connectivity index (χ2n) is 6.26. The molecule has 142 valence electrons. The third-order valence-corrected chi connectivity index (χ3v) is 6.62. The number of piperidine rings is 1. The molecule has 0 atom stereocenters. The van der Waals surface area contributed by atoms with E-state index in [1.807, 2.05) is 6.92 Å². The molecule has 1 fully saturated rings. The molecule has 2 heterocycles. The normalized spacial score (nSPS) is 16.9. The predicted octanol–water partition coefficient (Wildman–Crippen LogP) is 1.45. The first-order valence-electron chi connectivity index (χ1n) is 8.34. The number of halogens is 2. The van der Waals surface area contributed by atoms with Crippen LogP contribution in [0.25, 0.3) is 0 Å². The number of aromatic nitrogens is 3. The molecule has 0 N–H and O–H groups in total. The van der Waals surface area contributed by atoms with Crippen molar-refractivity contribution in [3.05, 3.63) is 46.1 Å². The Morgan fingerprint density at radius 3 is 2.46 bits per heavy atom. The molecule has 0 saturated carbocycles. The maximum absolute atomic E-state index is 13.9. The van der Waals surface area contributed by atoms with Crippen molar-refractivity contribution in [2.24, 2.45) is 7.05 Å². The summed E-state index contributed by atoms with van der Waals surface area (Å²) in [6.07, 6.45) is 0.941. The average molecular weight is 386 g/mol. The van der Waals surface area contributed by atoms with Gasteiger partial charge in [0.05, 0.1) is 0 Å². The lowest BCUT2D eigenvalue weighted by molar-refractivity contribution is 0.307. The molecule has 0 aliphatic carbocycles. The number of sulfonamides is 1. The van der Waals surface area contributed by atoms with E-state index in [2.05, 4.69) is 5.10 Å². The van der Waals surface area contributed by atoms with Gasteiger partial charge >= 0.3 is 5.69 Å². The summed E-state index contributed by atoms with van der Waals surface area (Å²) in [5.74, 6) is -1.33. The molecule has 3 rings (SSSR count). The summed E-state index contributed by atoms with van der Waals surface area (Å²) in [4.78, 5) is 11.5. The molecule has 2 aromatic rings. The van der Waals surface area contributed by atoms with Gasteiger partial charge in [-0.2, -0.15) is 9.40 Å². The fourth-order valence-corrected chi connectivity index (χ4v) is 4.82. The Kier molecular flexibility index (Phi) is 4.98. The first-order chi connectivity index (χ1) is 12.3. The molecule has 0 spiro atoms. The zero-order valence-electron chi connectivity index (χ0n) is 14.5. The zero-order chi connectivity index (χ0) is 19.1. The molecule has 10 heteroatoms. The van der Waals surface area contributed by atoms with Crippen molar-refractivity contribution in [1.29, 1.82) is 0 Å². The fourth-order valence-electron chi connectivity index (χ4n) is 3.30. The van der Waals surface area contributed by atoms with E-state index < -0.39 is 26.6 Å². The highest BCUT2D eigenvalue weighted by Crippen LogP contribution is 2.30. The molecular weight excluding hydrogens is 366 g/mol. The highest BCUT2D eigenvalue weighted by atomic mass is 32.2. The molecule has 0 amide bonds. The maximum Gasteiger partial charge on any atom is 0.345 e. The molecule has 0 unspecified atom stereocenters. The second kappa shape index (κ2) is 6.92. The van der Waals surface area contributed by atoms with E-state index in [1.165, 1.54) is 8.99 Å². The van der Waals surface area contributed by atoms with Crippen LogP contribution in [0, 0.1) is 11.6 Å². The Hall–Kier alpha value is -2.07. The molecule has 1 aliphatic heterocycles. The van der Waals surface area contributed by atoms with Gasteiger partial charge in [0.15, 0.2) is 0 Å². The Balaban J connectivity index is 1.80. The summed E-state index contributed by atoms with van der Waals surface area (Å²) in [6, 6.07) is 2.43. The fraction of sp³-hybridized carbons (Fsp3) is 0.500. The predicted molar refractivity (Wildman–Crippen MR) is 90.2 cm³/mol. The highest BCUT2D eigenvalue weighted by Gasteiger charge is 2.33. The van der Waals surface area contributed by atoms with Crippen LogP contribution in [0.1, 0.15) is 31.5 Å². The average Bonchev–Trinajstić information content (AvgIpc) is 2.89. The smallest absolute Gasteiger partial charge is 0.279 e. The summed E-state index contributed by atoms with van der Waals surface area (Å²) in [7, 11) is -2.46. The van der Waals surface area contributed by atoms with Crippen molar-refractivity contribution in [3.8, 4) is 0 Å². The van der Waals surface area contributed by atoms with E-state index >= 15 is 0 Å². The number of hydrogen-bond acceptors (Lipinski definition) is 4. The zero-order valence-corrected chi connectivity index (χ0v) is 15.3. The third kappa shape index (κ3) is 3.18. The van der Waals surface area contributed by atoms with Crippen molar-refractivity contribution in [1.82, 2.24) is 18.7 Å². The molecule has 26 heavy (non-hydrogen) atoms. The van der Waals surface area contributed by atoms with E-state index in [1.54, 1.807) is 11.6 Å². The van der Waals surface area contributed by atoms with Crippen molar-refractivity contribution in [2.45, 2.75) is 37.1 Å². The van der Waals surface area contributed by atoms with Crippen LogP contribution in [0.3, 0.4) is 0 Å². The molecule has 1 aliphatic rings. The monoisotopic (exact) mass is 386 g/mol. The maximum atomic E-state index is 13.9. The topological polar surface area (TPSA) is 77.2 Å². The molecule has 0 bridgehead atoms. The van der Waals surface area contributed by atoms with Gasteiger partial charge in [-0.25, -0.2) is 26.7 Å². The van der Waals surface area contributed by atoms with E-state index in [0.29, 0.717) is 31.3 Å². The minimum Gasteiger partial charge on any atom is -0.279 e. The van der Waals surface area contributed by atoms with Crippen molar-refractivity contribution in [3.63, 3.8) is 0 Å². The SMILES string of the molecule is CCn1c(C2CCN(S(=O)(=O)c3ccc(F)cc3F)CC2)nn(C)c1=O. The standard InChI is InChI=1S/C16H20F2N4O3S/c1-3-22-15(19-20(2)16(22)23)11-6-8-21(9-7-11)26(24,25)14-5-4-12(17)10-13(14)18/h4-5,10-11H,3,6-9H2,1-2H3. The number of nitrogens with zero attached hydrogens (tertiary/aromatic N) is 4. The van der Waals surface area contributed by atoms with E-state index in [0.717, 1.165) is 12.1 Å². The number of aryl methyl sites for hydroxylation is 1. The van der Waals surface area contributed by atoms with Gasteiger partial charge in [0.2, 0.25) is 10.0 Å². The third-order valence-electron chi connectivity index (χ3n) is 4.68. The van der Waals surface area contributed by atoms with E-state index in [-0.39, 0.29) is 24.7 Å². The van der Waals surface area contributed by atoms with Crippen LogP contribution in [-0.2, 0) is 23.6 Å². The van der Waals surface area contributed by atoms with Crippen LogP contribution in [-0.4, -0.2) is 40.2 Å². The van der Waals surface area contributed by atoms with Crippen LogP contribution in [0.2, 0.25) is 0 Å². The van der Waals surface area contributed by atoms with Crippen LogP contribution < -0.4 is 5.69 Å². The van der Waals surface area contributed by atoms with Gasteiger partial charge in [-0.15, -0.1) is 0 Å². The van der Waals surface area contributed by atoms with Gasteiger partial charge in [-0.3, -0.25) is 4.57 Å². The van der Waals surface area contributed by atoms with Crippen LogP contribution in [0.5, 0.6) is 0 Å². The summed E-state index contributed by atoms with van der Waals surface area (Å²) in [6.45, 7) is 2.70. The van der Waals surface area contributed by atoms with E-state index in [4.69, 9.17) is 0 Å². The van der Waals surface area contributed by atoms with Crippen LogP contribution in [0.4, 0.5) is 8.78 Å². The van der Waals surface area contributed by atoms with Crippen molar-refractivity contribution < 1.29 is 17.2 Å². The summed E-state index contributed by atoms with van der Waals surface area (Å²) in [5.41, 5.74) is -0.203. The van der Waals surface area contributed by atoms with E-state index in [9.17, 15) is 22.0 Å². The minimum atomic E-state index is -4.04. The number of rotatable bonds is 4. The Bertz CT molecular complexity index is 976. The van der Waals surface area contributed by atoms with Crippen molar-refractivity contribution >= 4 is 10.0 Å². The number of benzene rings is 1. The molecule has 1 aromatic carbocycles. The lowest BCUT2D eigenvalue weighted by Crippen LogP contribution is -2.39. The van der Waals surface area contributed by atoms with Crippen molar-refractivity contribution in [2.75, 3.05) is 13.1 Å². The molecule has 1 aromatic heterocycles. The Morgan fingerprint density at radius 1 is 1.23 bits per heavy atom. The molecular formula is C16H20F2N4O3S. The molecule has 7 nitrogen and oxygen atoms in total. The van der Waals surface area contributed by atoms with Crippen LogP contribution in [0.15, 0.2) is 27.9 Å². The molecule has 0 radical (unpaired) electrons. The summed E-state index contributed by atoms with van der Waals surface area (Å²) in [5, 5.41) is 4.27. The van der Waals surface area contributed by atoms with Gasteiger partial charge in [0, 0.05) is 38.7 Å². The Labute approximate surface area is 149 Å². The summed E-state index contributed by atoms with van der Waals surface area (Å²) >= 11 is 0. The minimum absolute atomic E-state index is 0.0478. The van der Waals surface area contributed by atoms with Gasteiger partial charge in [0.1, 0.15) is 22.4 Å². The summed E-state index contributed by atoms with van der Waals surface area (Å²) < 4.78 is 56.2. The van der Waals surface area contributed by atoms with Gasteiger partial charge < -0.3 is 0 Å². The lowest BCUT2D eigenvalue weighted by Gasteiger charge is -2.30. The van der Waals surface area contributed by atoms with Gasteiger partial charge in [0.25, 0.3) is 0 Å².